The highest BCUT2D eigenvalue weighted by Gasteiger charge is 2.09. The smallest absolute Gasteiger partial charge is 0.0706 e. The lowest BCUT2D eigenvalue weighted by molar-refractivity contribution is 1.04. The second-order valence-electron chi connectivity index (χ2n) is 3.48. The SMILES string of the molecule is C1=Nc2ccc3ncccc3c2CC1. The summed E-state index contributed by atoms with van der Waals surface area (Å²) in [6.07, 6.45) is 5.95. The van der Waals surface area contributed by atoms with E-state index in [4.69, 9.17) is 0 Å². The molecule has 0 atom stereocenters. The summed E-state index contributed by atoms with van der Waals surface area (Å²) >= 11 is 0. The Balaban J connectivity index is 2.41. The van der Waals surface area contributed by atoms with Gasteiger partial charge in [0.15, 0.2) is 0 Å². The zero-order valence-electron chi connectivity index (χ0n) is 7.77. The van der Waals surface area contributed by atoms with Gasteiger partial charge in [-0.2, -0.15) is 0 Å². The Kier molecular flexibility index (Phi) is 1.60. The summed E-state index contributed by atoms with van der Waals surface area (Å²) < 4.78 is 0. The van der Waals surface area contributed by atoms with Crippen LogP contribution < -0.4 is 0 Å². The number of hydrogen-bond donors (Lipinski definition) is 0. The molecule has 0 N–H and O–H groups in total. The maximum Gasteiger partial charge on any atom is 0.0706 e. The van der Waals surface area contributed by atoms with Crippen molar-refractivity contribution >= 4 is 22.8 Å². The third kappa shape index (κ3) is 1.04. The van der Waals surface area contributed by atoms with E-state index in [0.29, 0.717) is 0 Å². The molecule has 0 saturated heterocycles. The van der Waals surface area contributed by atoms with Crippen LogP contribution in [0.3, 0.4) is 0 Å². The Labute approximate surface area is 82.3 Å². The summed E-state index contributed by atoms with van der Waals surface area (Å²) in [4.78, 5) is 8.73. The van der Waals surface area contributed by atoms with Crippen LogP contribution >= 0.6 is 0 Å². The molecule has 0 unspecified atom stereocenters. The fraction of sp³-hybridized carbons (Fsp3) is 0.167. The van der Waals surface area contributed by atoms with Crippen molar-refractivity contribution in [1.29, 1.82) is 0 Å². The average molecular weight is 182 g/mol. The van der Waals surface area contributed by atoms with Gasteiger partial charge in [-0.25, -0.2) is 0 Å². The van der Waals surface area contributed by atoms with Crippen molar-refractivity contribution in [1.82, 2.24) is 4.98 Å². The van der Waals surface area contributed by atoms with E-state index >= 15 is 0 Å². The standard InChI is InChI=1S/C12H10N2/c1-3-9-10-4-2-8-14-12(10)6-5-11(9)13-7-1/h1,3,5-8H,2,4H2. The van der Waals surface area contributed by atoms with Gasteiger partial charge in [0.1, 0.15) is 0 Å². The summed E-state index contributed by atoms with van der Waals surface area (Å²) in [6, 6.07) is 8.21. The van der Waals surface area contributed by atoms with E-state index < -0.39 is 0 Å². The van der Waals surface area contributed by atoms with E-state index in [9.17, 15) is 0 Å². The molecule has 1 aromatic carbocycles. The van der Waals surface area contributed by atoms with E-state index in [1.54, 1.807) is 0 Å². The first-order valence-corrected chi connectivity index (χ1v) is 4.84. The lowest BCUT2D eigenvalue weighted by Gasteiger charge is -2.11. The highest BCUT2D eigenvalue weighted by atomic mass is 14.7. The van der Waals surface area contributed by atoms with Gasteiger partial charge in [0.05, 0.1) is 11.2 Å². The Morgan fingerprint density at radius 3 is 3.14 bits per heavy atom. The molecule has 2 heterocycles. The molecule has 1 aliphatic rings. The van der Waals surface area contributed by atoms with E-state index in [1.807, 2.05) is 24.5 Å². The van der Waals surface area contributed by atoms with Crippen LogP contribution in [-0.2, 0) is 6.42 Å². The highest BCUT2D eigenvalue weighted by Crippen LogP contribution is 2.30. The topological polar surface area (TPSA) is 25.2 Å². The van der Waals surface area contributed by atoms with Gasteiger partial charge >= 0.3 is 0 Å². The number of aliphatic imine (C=N–C) groups is 1. The lowest BCUT2D eigenvalue weighted by atomic mass is 10.0. The monoisotopic (exact) mass is 182 g/mol. The molecule has 0 amide bonds. The molecule has 14 heavy (non-hydrogen) atoms. The number of aromatic nitrogens is 1. The summed E-state index contributed by atoms with van der Waals surface area (Å²) in [5.41, 5.74) is 3.53. The van der Waals surface area contributed by atoms with Crippen LogP contribution in [0.2, 0.25) is 0 Å². The minimum atomic E-state index is 1.04. The molecule has 1 aliphatic heterocycles. The maximum atomic E-state index is 4.39. The van der Waals surface area contributed by atoms with Gasteiger partial charge < -0.3 is 0 Å². The van der Waals surface area contributed by atoms with Gasteiger partial charge in [-0.3, -0.25) is 9.98 Å². The van der Waals surface area contributed by atoms with Crippen LogP contribution in [0.1, 0.15) is 12.0 Å². The second kappa shape index (κ2) is 2.91. The van der Waals surface area contributed by atoms with E-state index in [0.717, 1.165) is 24.0 Å². The number of benzene rings is 1. The van der Waals surface area contributed by atoms with Crippen LogP contribution in [0, 0.1) is 0 Å². The van der Waals surface area contributed by atoms with Gasteiger partial charge in [0, 0.05) is 17.8 Å². The quantitative estimate of drug-likeness (QED) is 0.615. The minimum absolute atomic E-state index is 1.04. The molecule has 0 aliphatic carbocycles. The second-order valence-corrected chi connectivity index (χ2v) is 3.48. The van der Waals surface area contributed by atoms with Crippen molar-refractivity contribution < 1.29 is 0 Å². The van der Waals surface area contributed by atoms with Crippen molar-refractivity contribution in [2.24, 2.45) is 4.99 Å². The zero-order valence-corrected chi connectivity index (χ0v) is 7.77. The fourth-order valence-corrected chi connectivity index (χ4v) is 1.96. The Bertz CT molecular complexity index is 515. The van der Waals surface area contributed by atoms with Gasteiger partial charge in [0.25, 0.3) is 0 Å². The number of aryl methyl sites for hydroxylation is 1. The summed E-state index contributed by atoms with van der Waals surface area (Å²) in [7, 11) is 0. The van der Waals surface area contributed by atoms with Crippen LogP contribution in [-0.4, -0.2) is 11.2 Å². The van der Waals surface area contributed by atoms with Crippen molar-refractivity contribution in [3.63, 3.8) is 0 Å². The fourth-order valence-electron chi connectivity index (χ4n) is 1.96. The molecule has 68 valence electrons. The molecule has 2 heteroatoms. The number of hydrogen-bond acceptors (Lipinski definition) is 2. The largest absolute Gasteiger partial charge is 0.261 e. The molecule has 3 rings (SSSR count). The van der Waals surface area contributed by atoms with Crippen molar-refractivity contribution in [3.8, 4) is 0 Å². The van der Waals surface area contributed by atoms with Crippen molar-refractivity contribution in [2.45, 2.75) is 12.8 Å². The van der Waals surface area contributed by atoms with Crippen LogP contribution in [0.4, 0.5) is 5.69 Å². The molecule has 2 nitrogen and oxygen atoms in total. The molecule has 0 bridgehead atoms. The first-order chi connectivity index (χ1) is 6.95. The van der Waals surface area contributed by atoms with E-state index in [2.05, 4.69) is 22.1 Å². The molecular formula is C12H10N2. The average Bonchev–Trinajstić information content (AvgIpc) is 2.29. The molecule has 1 aromatic heterocycles. The molecular weight excluding hydrogens is 172 g/mol. The first kappa shape index (κ1) is 7.68. The van der Waals surface area contributed by atoms with Crippen molar-refractivity contribution in [2.75, 3.05) is 0 Å². The molecule has 0 spiro atoms. The summed E-state index contributed by atoms with van der Waals surface area (Å²) in [5, 5.41) is 1.25. The normalized spacial score (nSPS) is 14.3. The zero-order chi connectivity index (χ0) is 9.38. The first-order valence-electron chi connectivity index (χ1n) is 4.84. The van der Waals surface area contributed by atoms with Gasteiger partial charge in [-0.1, -0.05) is 6.07 Å². The van der Waals surface area contributed by atoms with E-state index in [1.165, 1.54) is 10.9 Å². The number of pyridine rings is 1. The predicted octanol–water partition coefficient (Wildman–Crippen LogP) is 2.88. The predicted molar refractivity (Wildman–Crippen MR) is 58.2 cm³/mol. The Hall–Kier alpha value is -1.70. The van der Waals surface area contributed by atoms with Crippen LogP contribution in [0.25, 0.3) is 10.9 Å². The van der Waals surface area contributed by atoms with Gasteiger partial charge in [-0.15, -0.1) is 0 Å². The third-order valence-corrected chi connectivity index (χ3v) is 2.63. The summed E-state index contributed by atoms with van der Waals surface area (Å²) in [6.45, 7) is 0. The number of fused-ring (bicyclic) bond motifs is 3. The highest BCUT2D eigenvalue weighted by molar-refractivity contribution is 5.88. The van der Waals surface area contributed by atoms with Crippen LogP contribution in [0.5, 0.6) is 0 Å². The molecule has 0 fully saturated rings. The van der Waals surface area contributed by atoms with Crippen LogP contribution in [0.15, 0.2) is 35.5 Å². The number of nitrogens with zero attached hydrogens (tertiary/aromatic N) is 2. The van der Waals surface area contributed by atoms with E-state index in [-0.39, 0.29) is 0 Å². The minimum Gasteiger partial charge on any atom is -0.261 e. The van der Waals surface area contributed by atoms with Gasteiger partial charge in [-0.05, 0) is 36.6 Å². The maximum absolute atomic E-state index is 4.39. The van der Waals surface area contributed by atoms with Crippen molar-refractivity contribution in [3.05, 3.63) is 36.0 Å². The summed E-state index contributed by atoms with van der Waals surface area (Å²) in [5.74, 6) is 0. The molecule has 2 aromatic rings. The number of rotatable bonds is 0. The third-order valence-electron chi connectivity index (χ3n) is 2.63. The molecule has 0 saturated carbocycles. The van der Waals surface area contributed by atoms with Gasteiger partial charge in [0.2, 0.25) is 0 Å². The Morgan fingerprint density at radius 2 is 2.14 bits per heavy atom. The lowest BCUT2D eigenvalue weighted by Crippen LogP contribution is -1.95. The molecule has 0 radical (unpaired) electrons. The Morgan fingerprint density at radius 1 is 1.14 bits per heavy atom.